The molecule has 1 fully saturated rings. The van der Waals surface area contributed by atoms with Gasteiger partial charge in [0.2, 0.25) is 5.91 Å². The Morgan fingerprint density at radius 1 is 1.40 bits per heavy atom. The molecule has 108 valence electrons. The Hall–Kier alpha value is -2.04. The number of ether oxygens (including phenoxy) is 1. The molecule has 2 atom stereocenters. The molecule has 1 unspecified atom stereocenters. The van der Waals surface area contributed by atoms with E-state index in [0.29, 0.717) is 0 Å². The second kappa shape index (κ2) is 5.15. The van der Waals surface area contributed by atoms with Crippen molar-refractivity contribution >= 4 is 11.9 Å². The number of carbonyl (C=O) groups is 2. The average Bonchev–Trinajstić information content (AvgIpc) is 2.75. The summed E-state index contributed by atoms with van der Waals surface area (Å²) in [5, 5.41) is 9.23. The van der Waals surface area contributed by atoms with Crippen LogP contribution in [-0.4, -0.2) is 35.5 Å². The van der Waals surface area contributed by atoms with Crippen molar-refractivity contribution in [2.45, 2.75) is 26.3 Å². The minimum absolute atomic E-state index is 0.0584. The fourth-order valence-corrected chi connectivity index (χ4v) is 2.51. The van der Waals surface area contributed by atoms with Crippen LogP contribution in [0.25, 0.3) is 0 Å². The summed E-state index contributed by atoms with van der Waals surface area (Å²) in [6.07, 6.45) is 0.0584. The molecule has 0 aromatic heterocycles. The molecule has 1 saturated heterocycles. The van der Waals surface area contributed by atoms with Crippen LogP contribution in [0.15, 0.2) is 24.3 Å². The molecule has 0 aliphatic carbocycles. The molecular weight excluding hydrogens is 258 g/mol. The van der Waals surface area contributed by atoms with Crippen molar-refractivity contribution in [2.75, 3.05) is 13.7 Å². The first-order valence-corrected chi connectivity index (χ1v) is 6.54. The lowest BCUT2D eigenvalue weighted by Crippen LogP contribution is -2.33. The summed E-state index contributed by atoms with van der Waals surface area (Å²) in [6.45, 7) is 3.77. The number of amides is 1. The summed E-state index contributed by atoms with van der Waals surface area (Å²) in [7, 11) is 1.60. The van der Waals surface area contributed by atoms with E-state index in [2.05, 4.69) is 0 Å². The van der Waals surface area contributed by atoms with Crippen molar-refractivity contribution in [3.8, 4) is 5.75 Å². The van der Waals surface area contributed by atoms with Crippen LogP contribution >= 0.6 is 0 Å². The largest absolute Gasteiger partial charge is 0.497 e. The monoisotopic (exact) mass is 277 g/mol. The summed E-state index contributed by atoms with van der Waals surface area (Å²) < 4.78 is 5.10. The molecule has 20 heavy (non-hydrogen) atoms. The van der Waals surface area contributed by atoms with Crippen molar-refractivity contribution in [2.24, 2.45) is 5.41 Å². The van der Waals surface area contributed by atoms with Crippen molar-refractivity contribution < 1.29 is 19.4 Å². The Morgan fingerprint density at radius 3 is 2.45 bits per heavy atom. The number of hydrogen-bond donors (Lipinski definition) is 1. The Bertz CT molecular complexity index is 525. The number of nitrogens with zero attached hydrogens (tertiary/aromatic N) is 1. The molecular formula is C15H19NO4. The van der Waals surface area contributed by atoms with Crippen LogP contribution in [0.3, 0.4) is 0 Å². The van der Waals surface area contributed by atoms with Crippen LogP contribution in [0.4, 0.5) is 0 Å². The molecule has 1 amide bonds. The maximum Gasteiger partial charge on any atom is 0.311 e. The van der Waals surface area contributed by atoms with E-state index in [0.717, 1.165) is 11.3 Å². The molecule has 0 bridgehead atoms. The number of carboxylic acid groups (broad SMARTS) is 1. The van der Waals surface area contributed by atoms with Gasteiger partial charge in [0.05, 0.1) is 18.6 Å². The van der Waals surface area contributed by atoms with Crippen LogP contribution in [0.2, 0.25) is 0 Å². The van der Waals surface area contributed by atoms with Crippen molar-refractivity contribution in [3.05, 3.63) is 29.8 Å². The maximum atomic E-state index is 12.1. The highest BCUT2D eigenvalue weighted by Gasteiger charge is 2.46. The minimum atomic E-state index is -0.988. The highest BCUT2D eigenvalue weighted by atomic mass is 16.5. The van der Waals surface area contributed by atoms with Crippen LogP contribution in [-0.2, 0) is 9.59 Å². The number of carbonyl (C=O) groups excluding carboxylic acids is 1. The molecule has 1 aliphatic rings. The smallest absolute Gasteiger partial charge is 0.311 e. The van der Waals surface area contributed by atoms with Gasteiger partial charge in [0.15, 0.2) is 0 Å². The number of rotatable bonds is 4. The van der Waals surface area contributed by atoms with Crippen LogP contribution in [0.1, 0.15) is 31.9 Å². The standard InChI is InChI=1S/C15H19NO4/c1-10(11-4-6-12(20-3)7-5-11)16-9-15(2,14(18)19)8-13(16)17/h4-7,10H,8-9H2,1-3H3,(H,18,19)/t10-,15?/m0/s1. The summed E-state index contributed by atoms with van der Waals surface area (Å²) in [6, 6.07) is 7.32. The molecule has 1 aromatic rings. The summed E-state index contributed by atoms with van der Waals surface area (Å²) in [5.41, 5.74) is -0.0218. The molecule has 0 saturated carbocycles. The lowest BCUT2D eigenvalue weighted by atomic mass is 9.90. The van der Waals surface area contributed by atoms with E-state index in [9.17, 15) is 14.7 Å². The van der Waals surface area contributed by atoms with Crippen LogP contribution in [0, 0.1) is 5.41 Å². The highest BCUT2D eigenvalue weighted by molar-refractivity contribution is 5.89. The van der Waals surface area contributed by atoms with E-state index >= 15 is 0 Å². The van der Waals surface area contributed by atoms with Crippen molar-refractivity contribution in [1.29, 1.82) is 0 Å². The summed E-state index contributed by atoms with van der Waals surface area (Å²) in [4.78, 5) is 25.0. The van der Waals surface area contributed by atoms with E-state index in [1.54, 1.807) is 18.9 Å². The fraction of sp³-hybridized carbons (Fsp3) is 0.467. The fourth-order valence-electron chi connectivity index (χ4n) is 2.51. The zero-order valence-corrected chi connectivity index (χ0v) is 11.9. The molecule has 1 heterocycles. The second-order valence-electron chi connectivity index (χ2n) is 5.51. The van der Waals surface area contributed by atoms with Gasteiger partial charge < -0.3 is 14.7 Å². The number of aliphatic carboxylic acids is 1. The molecule has 5 nitrogen and oxygen atoms in total. The Morgan fingerprint density at radius 2 is 2.00 bits per heavy atom. The number of carboxylic acids is 1. The van der Waals surface area contributed by atoms with Gasteiger partial charge in [-0.3, -0.25) is 9.59 Å². The topological polar surface area (TPSA) is 66.8 Å². The molecule has 1 aliphatic heterocycles. The first kappa shape index (κ1) is 14.4. The predicted molar refractivity (Wildman–Crippen MR) is 73.5 cm³/mol. The SMILES string of the molecule is COc1ccc([C@H](C)N2CC(C)(C(=O)O)CC2=O)cc1. The number of hydrogen-bond acceptors (Lipinski definition) is 3. The Labute approximate surface area is 118 Å². The third kappa shape index (κ3) is 2.48. The van der Waals surface area contributed by atoms with Gasteiger partial charge in [0.25, 0.3) is 0 Å². The summed E-state index contributed by atoms with van der Waals surface area (Å²) in [5.74, 6) is -0.280. The van der Waals surface area contributed by atoms with E-state index in [-0.39, 0.29) is 24.9 Å². The molecule has 0 radical (unpaired) electrons. The lowest BCUT2D eigenvalue weighted by molar-refractivity contribution is -0.147. The van der Waals surface area contributed by atoms with E-state index in [1.807, 2.05) is 31.2 Å². The second-order valence-corrected chi connectivity index (χ2v) is 5.51. The van der Waals surface area contributed by atoms with Gasteiger partial charge in [-0.2, -0.15) is 0 Å². The molecule has 5 heteroatoms. The molecule has 0 spiro atoms. The van der Waals surface area contributed by atoms with E-state index in [1.165, 1.54) is 0 Å². The highest BCUT2D eigenvalue weighted by Crippen LogP contribution is 2.36. The van der Waals surface area contributed by atoms with Gasteiger partial charge in [-0.15, -0.1) is 0 Å². The van der Waals surface area contributed by atoms with E-state index < -0.39 is 11.4 Å². The van der Waals surface area contributed by atoms with Gasteiger partial charge in [-0.25, -0.2) is 0 Å². The number of methoxy groups -OCH3 is 1. The molecule has 1 aromatic carbocycles. The summed E-state index contributed by atoms with van der Waals surface area (Å²) >= 11 is 0. The van der Waals surface area contributed by atoms with Crippen LogP contribution in [0.5, 0.6) is 5.75 Å². The van der Waals surface area contributed by atoms with Crippen LogP contribution < -0.4 is 4.74 Å². The third-order valence-corrected chi connectivity index (χ3v) is 3.96. The normalized spacial score (nSPS) is 23.8. The average molecular weight is 277 g/mol. The predicted octanol–water partition coefficient (Wildman–Crippen LogP) is 2.08. The zero-order chi connectivity index (χ0) is 14.9. The Kier molecular flexibility index (Phi) is 3.70. The quantitative estimate of drug-likeness (QED) is 0.915. The van der Waals surface area contributed by atoms with Gasteiger partial charge in [0.1, 0.15) is 5.75 Å². The maximum absolute atomic E-state index is 12.1. The third-order valence-electron chi connectivity index (χ3n) is 3.96. The van der Waals surface area contributed by atoms with E-state index in [4.69, 9.17) is 4.74 Å². The van der Waals surface area contributed by atoms with Gasteiger partial charge in [-0.1, -0.05) is 12.1 Å². The van der Waals surface area contributed by atoms with Crippen molar-refractivity contribution in [1.82, 2.24) is 4.90 Å². The van der Waals surface area contributed by atoms with Gasteiger partial charge >= 0.3 is 5.97 Å². The molecule has 1 N–H and O–H groups in total. The van der Waals surface area contributed by atoms with Gasteiger partial charge in [0, 0.05) is 13.0 Å². The zero-order valence-electron chi connectivity index (χ0n) is 11.9. The lowest BCUT2D eigenvalue weighted by Gasteiger charge is -2.26. The Balaban J connectivity index is 2.18. The first-order valence-electron chi connectivity index (χ1n) is 6.54. The molecule has 2 rings (SSSR count). The first-order chi connectivity index (χ1) is 9.37. The van der Waals surface area contributed by atoms with Crippen molar-refractivity contribution in [3.63, 3.8) is 0 Å². The number of likely N-dealkylation sites (tertiary alicyclic amines) is 1. The minimum Gasteiger partial charge on any atom is -0.497 e. The number of benzene rings is 1. The van der Waals surface area contributed by atoms with Gasteiger partial charge in [-0.05, 0) is 31.5 Å².